The van der Waals surface area contributed by atoms with Crippen LogP contribution in [0.25, 0.3) is 0 Å². The van der Waals surface area contributed by atoms with Crippen LogP contribution in [0, 0.1) is 5.82 Å². The van der Waals surface area contributed by atoms with Gasteiger partial charge in [-0.3, -0.25) is 0 Å². The Bertz CT molecular complexity index is 887. The minimum absolute atomic E-state index is 0. The smallest absolute Gasteiger partial charge is 0.126 e. The maximum Gasteiger partial charge on any atom is 0.126 e. The van der Waals surface area contributed by atoms with E-state index >= 15 is 0 Å². The molecule has 0 aliphatic rings. The molecule has 0 aromatic heterocycles. The van der Waals surface area contributed by atoms with Crippen molar-refractivity contribution >= 4 is 35.6 Å². The topological polar surface area (TPSA) is 21.3 Å². The summed E-state index contributed by atoms with van der Waals surface area (Å²) in [5.74, 6) is 0.599. The summed E-state index contributed by atoms with van der Waals surface area (Å²) in [5.41, 5.74) is 2.70. The predicted molar refractivity (Wildman–Crippen MR) is 116 cm³/mol. The van der Waals surface area contributed by atoms with E-state index in [1.807, 2.05) is 48.5 Å². The van der Waals surface area contributed by atoms with Crippen LogP contribution in [0.1, 0.15) is 16.7 Å². The number of nitrogens with one attached hydrogen (secondary N) is 1. The molecule has 3 rings (SSSR count). The Morgan fingerprint density at radius 2 is 1.57 bits per heavy atom. The van der Waals surface area contributed by atoms with E-state index in [1.54, 1.807) is 12.1 Å². The molecule has 0 atom stereocenters. The second kappa shape index (κ2) is 11.3. The molecule has 6 heteroatoms. The molecule has 28 heavy (non-hydrogen) atoms. The van der Waals surface area contributed by atoms with E-state index in [0.29, 0.717) is 41.7 Å². The molecule has 0 heterocycles. The number of ether oxygens (including phenoxy) is 1. The van der Waals surface area contributed by atoms with Gasteiger partial charge in [-0.25, -0.2) is 4.39 Å². The second-order valence-electron chi connectivity index (χ2n) is 6.19. The molecule has 148 valence electrons. The number of hydrogen-bond acceptors (Lipinski definition) is 2. The van der Waals surface area contributed by atoms with Crippen LogP contribution in [0.4, 0.5) is 4.39 Å². The molecule has 0 spiro atoms. The van der Waals surface area contributed by atoms with Crippen molar-refractivity contribution in [3.8, 4) is 5.75 Å². The molecule has 0 unspecified atom stereocenters. The maximum atomic E-state index is 13.7. The molecule has 3 aromatic carbocycles. The number of benzene rings is 3. The van der Waals surface area contributed by atoms with E-state index in [9.17, 15) is 4.39 Å². The summed E-state index contributed by atoms with van der Waals surface area (Å²) in [6, 6.07) is 19.9. The van der Waals surface area contributed by atoms with Gasteiger partial charge in [-0.1, -0.05) is 53.5 Å². The minimum Gasteiger partial charge on any atom is -0.489 e. The van der Waals surface area contributed by atoms with Gasteiger partial charge in [0.2, 0.25) is 0 Å². The Balaban J connectivity index is 0.00000280. The zero-order valence-electron chi connectivity index (χ0n) is 15.1. The van der Waals surface area contributed by atoms with Gasteiger partial charge in [-0.05, 0) is 60.5 Å². The third kappa shape index (κ3) is 6.68. The summed E-state index contributed by atoms with van der Waals surface area (Å²) in [4.78, 5) is 0. The number of halogens is 4. The van der Waals surface area contributed by atoms with E-state index in [2.05, 4.69) is 5.32 Å². The Morgan fingerprint density at radius 1 is 0.857 bits per heavy atom. The Labute approximate surface area is 181 Å². The van der Waals surface area contributed by atoms with Crippen LogP contribution in [0.15, 0.2) is 66.7 Å². The molecule has 0 fully saturated rings. The van der Waals surface area contributed by atoms with Crippen molar-refractivity contribution in [3.05, 3.63) is 99.3 Å². The lowest BCUT2D eigenvalue weighted by Crippen LogP contribution is -2.17. The van der Waals surface area contributed by atoms with Crippen molar-refractivity contribution in [3.63, 3.8) is 0 Å². The van der Waals surface area contributed by atoms with Crippen LogP contribution in [0.2, 0.25) is 10.0 Å². The third-order valence-electron chi connectivity index (χ3n) is 4.17. The zero-order valence-corrected chi connectivity index (χ0v) is 17.5. The van der Waals surface area contributed by atoms with Gasteiger partial charge in [-0.15, -0.1) is 12.4 Å². The summed E-state index contributed by atoms with van der Waals surface area (Å²) >= 11 is 12.0. The van der Waals surface area contributed by atoms with E-state index in [4.69, 9.17) is 27.9 Å². The standard InChI is InChI=1S/C22H20Cl2FNO.ClH/c23-19-7-5-16(6-8-19)15-27-22-10-9-20(24)13-18(22)14-26-12-11-17-3-1-2-4-21(17)25;/h1-10,13,26H,11-12,14-15H2;1H. The molecule has 2 nitrogen and oxygen atoms in total. The van der Waals surface area contributed by atoms with Crippen molar-refractivity contribution in [1.29, 1.82) is 0 Å². The van der Waals surface area contributed by atoms with Crippen LogP contribution in [-0.4, -0.2) is 6.54 Å². The summed E-state index contributed by atoms with van der Waals surface area (Å²) in [5, 5.41) is 4.68. The van der Waals surface area contributed by atoms with E-state index in [0.717, 1.165) is 16.9 Å². The molecule has 1 N–H and O–H groups in total. The van der Waals surface area contributed by atoms with Gasteiger partial charge in [0.05, 0.1) is 0 Å². The molecular formula is C22H21Cl3FNO. The highest BCUT2D eigenvalue weighted by Gasteiger charge is 2.06. The van der Waals surface area contributed by atoms with Gasteiger partial charge in [0.15, 0.2) is 0 Å². The van der Waals surface area contributed by atoms with Gasteiger partial charge < -0.3 is 10.1 Å². The first-order valence-electron chi connectivity index (χ1n) is 8.71. The lowest BCUT2D eigenvalue weighted by atomic mass is 10.1. The first-order chi connectivity index (χ1) is 13.1. The highest BCUT2D eigenvalue weighted by molar-refractivity contribution is 6.30. The third-order valence-corrected chi connectivity index (χ3v) is 4.66. The molecule has 0 saturated carbocycles. The van der Waals surface area contributed by atoms with Gasteiger partial charge >= 0.3 is 0 Å². The predicted octanol–water partition coefficient (Wildman–Crippen LogP) is 6.47. The van der Waals surface area contributed by atoms with Crippen LogP contribution in [-0.2, 0) is 19.6 Å². The Morgan fingerprint density at radius 3 is 2.32 bits per heavy atom. The molecule has 0 aliphatic heterocycles. The summed E-state index contributed by atoms with van der Waals surface area (Å²) < 4.78 is 19.6. The first kappa shape index (κ1) is 22.5. The SMILES string of the molecule is Cl.Fc1ccccc1CCNCc1cc(Cl)ccc1OCc1ccc(Cl)cc1. The number of rotatable bonds is 8. The van der Waals surface area contributed by atoms with Crippen LogP contribution in [0.3, 0.4) is 0 Å². The normalized spacial score (nSPS) is 10.4. The maximum absolute atomic E-state index is 13.7. The highest BCUT2D eigenvalue weighted by Crippen LogP contribution is 2.24. The fourth-order valence-corrected chi connectivity index (χ4v) is 3.04. The van der Waals surface area contributed by atoms with Crippen molar-refractivity contribution in [2.45, 2.75) is 19.6 Å². The summed E-state index contributed by atoms with van der Waals surface area (Å²) in [7, 11) is 0. The molecule has 0 bridgehead atoms. The zero-order chi connectivity index (χ0) is 19.1. The monoisotopic (exact) mass is 439 g/mol. The average Bonchev–Trinajstić information content (AvgIpc) is 2.67. The molecule has 3 aromatic rings. The van der Waals surface area contributed by atoms with E-state index in [1.165, 1.54) is 6.07 Å². The van der Waals surface area contributed by atoms with Crippen molar-refractivity contribution in [2.75, 3.05) is 6.54 Å². The second-order valence-corrected chi connectivity index (χ2v) is 7.06. The average molecular weight is 441 g/mol. The largest absolute Gasteiger partial charge is 0.489 e. The molecule has 0 amide bonds. The Hall–Kier alpha value is -1.78. The van der Waals surface area contributed by atoms with Gasteiger partial charge in [-0.2, -0.15) is 0 Å². The summed E-state index contributed by atoms with van der Waals surface area (Å²) in [6.45, 7) is 1.69. The quantitative estimate of drug-likeness (QED) is 0.406. The lowest BCUT2D eigenvalue weighted by molar-refractivity contribution is 0.302. The first-order valence-corrected chi connectivity index (χ1v) is 9.47. The molecular weight excluding hydrogens is 420 g/mol. The van der Waals surface area contributed by atoms with Crippen LogP contribution < -0.4 is 10.1 Å². The van der Waals surface area contributed by atoms with Crippen LogP contribution in [0.5, 0.6) is 5.75 Å². The van der Waals surface area contributed by atoms with Crippen molar-refractivity contribution in [1.82, 2.24) is 5.32 Å². The number of hydrogen-bond donors (Lipinski definition) is 1. The molecule has 0 saturated heterocycles. The summed E-state index contributed by atoms with van der Waals surface area (Å²) in [6.07, 6.45) is 0.619. The van der Waals surface area contributed by atoms with Crippen molar-refractivity contribution < 1.29 is 9.13 Å². The molecule has 0 radical (unpaired) electrons. The highest BCUT2D eigenvalue weighted by atomic mass is 35.5. The Kier molecular flexibility index (Phi) is 9.07. The fraction of sp³-hybridized carbons (Fsp3) is 0.182. The minimum atomic E-state index is -0.172. The lowest BCUT2D eigenvalue weighted by Gasteiger charge is -2.13. The van der Waals surface area contributed by atoms with Gasteiger partial charge in [0, 0.05) is 22.2 Å². The molecule has 0 aliphatic carbocycles. The van der Waals surface area contributed by atoms with Gasteiger partial charge in [0.25, 0.3) is 0 Å². The van der Waals surface area contributed by atoms with E-state index < -0.39 is 0 Å². The van der Waals surface area contributed by atoms with Crippen molar-refractivity contribution in [2.24, 2.45) is 0 Å². The van der Waals surface area contributed by atoms with Gasteiger partial charge in [0.1, 0.15) is 18.2 Å². The van der Waals surface area contributed by atoms with Crippen LogP contribution >= 0.6 is 35.6 Å². The fourth-order valence-electron chi connectivity index (χ4n) is 2.72. The van der Waals surface area contributed by atoms with E-state index in [-0.39, 0.29) is 18.2 Å².